The van der Waals surface area contributed by atoms with E-state index in [4.69, 9.17) is 0 Å². The molecule has 1 saturated heterocycles. The maximum absolute atomic E-state index is 12.4. The van der Waals surface area contributed by atoms with Crippen LogP contribution in [0.2, 0.25) is 0 Å². The molecule has 2 aromatic rings. The zero-order valence-corrected chi connectivity index (χ0v) is 19.2. The van der Waals surface area contributed by atoms with Crippen LogP contribution < -0.4 is 5.32 Å². The Morgan fingerprint density at radius 3 is 2.57 bits per heavy atom. The van der Waals surface area contributed by atoms with E-state index in [0.717, 1.165) is 28.8 Å². The molecule has 1 N–H and O–H groups in total. The summed E-state index contributed by atoms with van der Waals surface area (Å²) >= 11 is 6.18. The molecule has 3 rings (SSSR count). The predicted molar refractivity (Wildman–Crippen MR) is 121 cm³/mol. The molecular weight excluding hydrogens is 458 g/mol. The summed E-state index contributed by atoms with van der Waals surface area (Å²) < 4.78 is 1.01. The van der Waals surface area contributed by atoms with Gasteiger partial charge >= 0.3 is 0 Å². The normalized spacial score (nSPS) is 19.5. The molecule has 0 radical (unpaired) electrons. The second kappa shape index (κ2) is 9.89. The smallest absolute Gasteiger partial charge is 0.236 e. The lowest BCUT2D eigenvalue weighted by molar-refractivity contribution is -0.130. The van der Waals surface area contributed by atoms with Crippen LogP contribution in [0.25, 0.3) is 11.3 Å². The van der Waals surface area contributed by atoms with E-state index in [-0.39, 0.29) is 17.6 Å². The van der Waals surface area contributed by atoms with Crippen molar-refractivity contribution in [3.8, 4) is 11.3 Å². The standard InChI is InChI=1S/C20H24BrN3O2S2/c1-13-7-14(2)9-24(8-13)19(26)12-27-11-18(25)23-20-22-17(10-28-20)15-3-5-16(21)6-4-15/h3-6,10,13-14H,7-9,11-12H2,1-2H3,(H,22,23,25)/t13-,14-/m1/s1. The highest BCUT2D eigenvalue weighted by Crippen LogP contribution is 2.26. The maximum atomic E-state index is 12.4. The number of carbonyl (C=O) groups excluding carboxylic acids is 2. The van der Waals surface area contributed by atoms with Gasteiger partial charge in [0.15, 0.2) is 5.13 Å². The monoisotopic (exact) mass is 481 g/mol. The highest BCUT2D eigenvalue weighted by Gasteiger charge is 2.25. The van der Waals surface area contributed by atoms with Crippen molar-refractivity contribution in [1.82, 2.24) is 9.88 Å². The van der Waals surface area contributed by atoms with Crippen LogP contribution >= 0.6 is 39.0 Å². The van der Waals surface area contributed by atoms with Crippen LogP contribution in [0.5, 0.6) is 0 Å². The Balaban J connectivity index is 1.43. The Labute approximate surface area is 182 Å². The van der Waals surface area contributed by atoms with Gasteiger partial charge in [0.05, 0.1) is 17.2 Å². The lowest BCUT2D eigenvalue weighted by Gasteiger charge is -2.35. The number of thioether (sulfide) groups is 1. The fourth-order valence-electron chi connectivity index (χ4n) is 3.43. The molecule has 0 unspecified atom stereocenters. The molecular formula is C20H24BrN3O2S2. The lowest BCUT2D eigenvalue weighted by Crippen LogP contribution is -2.43. The molecule has 1 aliphatic rings. The van der Waals surface area contributed by atoms with E-state index in [1.807, 2.05) is 34.5 Å². The first-order valence-electron chi connectivity index (χ1n) is 9.27. The number of halogens is 1. The van der Waals surface area contributed by atoms with Gasteiger partial charge in [-0.1, -0.05) is 41.9 Å². The van der Waals surface area contributed by atoms with Gasteiger partial charge in [0.1, 0.15) is 0 Å². The number of nitrogens with one attached hydrogen (secondary N) is 1. The van der Waals surface area contributed by atoms with Crippen LogP contribution in [-0.2, 0) is 9.59 Å². The van der Waals surface area contributed by atoms with E-state index < -0.39 is 0 Å². The quantitative estimate of drug-likeness (QED) is 0.646. The summed E-state index contributed by atoms with van der Waals surface area (Å²) in [5, 5.41) is 5.33. The van der Waals surface area contributed by atoms with Gasteiger partial charge in [-0.15, -0.1) is 23.1 Å². The van der Waals surface area contributed by atoms with Crippen molar-refractivity contribution < 1.29 is 9.59 Å². The number of aromatic nitrogens is 1. The maximum Gasteiger partial charge on any atom is 0.236 e. The summed E-state index contributed by atoms with van der Waals surface area (Å²) in [6, 6.07) is 7.89. The Kier molecular flexibility index (Phi) is 7.54. The van der Waals surface area contributed by atoms with Crippen LogP contribution in [0, 0.1) is 11.8 Å². The fourth-order valence-corrected chi connectivity index (χ4v) is 5.15. The molecule has 150 valence electrons. The van der Waals surface area contributed by atoms with Crippen molar-refractivity contribution in [2.75, 3.05) is 29.9 Å². The lowest BCUT2D eigenvalue weighted by atomic mass is 9.92. The van der Waals surface area contributed by atoms with Gasteiger partial charge in [0.25, 0.3) is 0 Å². The molecule has 2 atom stereocenters. The highest BCUT2D eigenvalue weighted by atomic mass is 79.9. The SMILES string of the molecule is C[C@@H]1C[C@@H](C)CN(C(=O)CSCC(=O)Nc2nc(-c3ccc(Br)cc3)cs2)C1. The molecule has 2 heterocycles. The number of piperidine rings is 1. The fraction of sp³-hybridized carbons (Fsp3) is 0.450. The number of carbonyl (C=O) groups is 2. The number of nitrogens with zero attached hydrogens (tertiary/aromatic N) is 2. The van der Waals surface area contributed by atoms with E-state index in [1.165, 1.54) is 29.5 Å². The van der Waals surface area contributed by atoms with Crippen LogP contribution in [0.3, 0.4) is 0 Å². The van der Waals surface area contributed by atoms with Crippen molar-refractivity contribution in [2.24, 2.45) is 11.8 Å². The summed E-state index contributed by atoms with van der Waals surface area (Å²) in [5.41, 5.74) is 1.84. The van der Waals surface area contributed by atoms with Crippen LogP contribution in [0.1, 0.15) is 20.3 Å². The van der Waals surface area contributed by atoms with Crippen molar-refractivity contribution in [2.45, 2.75) is 20.3 Å². The Hall–Kier alpha value is -1.38. The van der Waals surface area contributed by atoms with Gasteiger partial charge in [-0.25, -0.2) is 4.98 Å². The van der Waals surface area contributed by atoms with E-state index in [0.29, 0.717) is 22.7 Å². The predicted octanol–water partition coefficient (Wildman–Crippen LogP) is 4.75. The number of amides is 2. The van der Waals surface area contributed by atoms with Crippen LogP contribution in [0.4, 0.5) is 5.13 Å². The molecule has 0 spiro atoms. The van der Waals surface area contributed by atoms with Crippen LogP contribution in [0.15, 0.2) is 34.1 Å². The Morgan fingerprint density at radius 1 is 1.21 bits per heavy atom. The molecule has 1 aromatic heterocycles. The summed E-state index contributed by atoms with van der Waals surface area (Å²) in [7, 11) is 0. The van der Waals surface area contributed by atoms with Crippen molar-refractivity contribution in [3.05, 3.63) is 34.1 Å². The first-order valence-corrected chi connectivity index (χ1v) is 12.1. The van der Waals surface area contributed by atoms with E-state index in [1.54, 1.807) is 0 Å². The van der Waals surface area contributed by atoms with Gasteiger partial charge in [0, 0.05) is 28.5 Å². The molecule has 1 aliphatic heterocycles. The highest BCUT2D eigenvalue weighted by molar-refractivity contribution is 9.10. The molecule has 28 heavy (non-hydrogen) atoms. The molecule has 0 bridgehead atoms. The van der Waals surface area contributed by atoms with Gasteiger partial charge in [-0.2, -0.15) is 0 Å². The molecule has 2 amide bonds. The van der Waals surface area contributed by atoms with E-state index >= 15 is 0 Å². The number of benzene rings is 1. The number of likely N-dealkylation sites (tertiary alicyclic amines) is 1. The van der Waals surface area contributed by atoms with Crippen molar-refractivity contribution in [3.63, 3.8) is 0 Å². The van der Waals surface area contributed by atoms with Crippen molar-refractivity contribution in [1.29, 1.82) is 0 Å². The minimum absolute atomic E-state index is 0.128. The number of rotatable bonds is 6. The summed E-state index contributed by atoms with van der Waals surface area (Å²) in [6.07, 6.45) is 1.18. The third-order valence-electron chi connectivity index (χ3n) is 4.57. The zero-order valence-electron chi connectivity index (χ0n) is 16.0. The third kappa shape index (κ3) is 6.06. The third-order valence-corrected chi connectivity index (χ3v) is 6.77. The molecule has 0 saturated carbocycles. The van der Waals surface area contributed by atoms with Gasteiger partial charge in [-0.05, 0) is 30.4 Å². The zero-order chi connectivity index (χ0) is 20.1. The minimum Gasteiger partial charge on any atom is -0.341 e. The summed E-state index contributed by atoms with van der Waals surface area (Å²) in [6.45, 7) is 6.03. The minimum atomic E-state index is -0.130. The molecule has 0 aliphatic carbocycles. The topological polar surface area (TPSA) is 62.3 Å². The number of hydrogen-bond acceptors (Lipinski definition) is 5. The van der Waals surface area contributed by atoms with Crippen molar-refractivity contribution >= 4 is 56.0 Å². The first-order chi connectivity index (χ1) is 13.4. The summed E-state index contributed by atoms with van der Waals surface area (Å²) in [5.74, 6) is 1.68. The molecule has 1 fully saturated rings. The number of thiazole rings is 1. The average Bonchev–Trinajstić information content (AvgIpc) is 3.09. The molecule has 1 aromatic carbocycles. The average molecular weight is 482 g/mol. The second-order valence-corrected chi connectivity index (χ2v) is 10.1. The molecule has 8 heteroatoms. The number of hydrogen-bond donors (Lipinski definition) is 1. The van der Waals surface area contributed by atoms with Crippen LogP contribution in [-0.4, -0.2) is 46.3 Å². The largest absolute Gasteiger partial charge is 0.341 e. The van der Waals surface area contributed by atoms with Gasteiger partial charge in [0.2, 0.25) is 11.8 Å². The number of anilines is 1. The van der Waals surface area contributed by atoms with Gasteiger partial charge < -0.3 is 10.2 Å². The van der Waals surface area contributed by atoms with Gasteiger partial charge in [-0.3, -0.25) is 9.59 Å². The Morgan fingerprint density at radius 2 is 1.89 bits per heavy atom. The second-order valence-electron chi connectivity index (χ2n) is 7.33. The summed E-state index contributed by atoms with van der Waals surface area (Å²) in [4.78, 5) is 31.0. The Bertz CT molecular complexity index is 815. The molecule has 5 nitrogen and oxygen atoms in total. The van der Waals surface area contributed by atoms with E-state index in [2.05, 4.69) is 40.1 Å². The first kappa shape index (κ1) is 21.3. The van der Waals surface area contributed by atoms with E-state index in [9.17, 15) is 9.59 Å².